The number of ether oxygens (including phenoxy) is 1. The molecule has 3 aromatic rings. The Morgan fingerprint density at radius 3 is 2.54 bits per heavy atom. The zero-order valence-electron chi connectivity index (χ0n) is 15.0. The zero-order valence-corrected chi connectivity index (χ0v) is 15.0. The fraction of sp³-hybridized carbons (Fsp3) is 0.333. The second-order valence-electron chi connectivity index (χ2n) is 6.76. The van der Waals surface area contributed by atoms with Crippen molar-refractivity contribution < 1.29 is 9.15 Å². The van der Waals surface area contributed by atoms with E-state index < -0.39 is 0 Å². The molecular weight excluding hydrogens is 326 g/mol. The van der Waals surface area contributed by atoms with E-state index >= 15 is 0 Å². The second kappa shape index (κ2) is 7.70. The SMILES string of the molecule is CN1CCC(c2nnc(COc3ccccc3-c3ccccc3)o2)CC1. The molecule has 134 valence electrons. The van der Waals surface area contributed by atoms with E-state index in [9.17, 15) is 0 Å². The van der Waals surface area contributed by atoms with Gasteiger partial charge >= 0.3 is 0 Å². The summed E-state index contributed by atoms with van der Waals surface area (Å²) < 4.78 is 11.9. The van der Waals surface area contributed by atoms with Crippen LogP contribution in [-0.4, -0.2) is 35.2 Å². The Morgan fingerprint density at radius 2 is 1.73 bits per heavy atom. The standard InChI is InChI=1S/C21H23N3O2/c1-24-13-11-17(12-14-24)21-23-22-20(26-21)15-25-19-10-6-5-9-18(19)16-7-3-2-4-8-16/h2-10,17H,11-15H2,1H3. The van der Waals surface area contributed by atoms with Crippen molar-refractivity contribution >= 4 is 0 Å². The summed E-state index contributed by atoms with van der Waals surface area (Å²) in [5.74, 6) is 2.46. The fourth-order valence-electron chi connectivity index (χ4n) is 3.33. The highest BCUT2D eigenvalue weighted by atomic mass is 16.5. The van der Waals surface area contributed by atoms with E-state index in [0.29, 0.717) is 11.8 Å². The average Bonchev–Trinajstić information content (AvgIpc) is 3.17. The molecule has 5 heteroatoms. The van der Waals surface area contributed by atoms with Gasteiger partial charge in [0, 0.05) is 11.5 Å². The Labute approximate surface area is 153 Å². The third kappa shape index (κ3) is 3.78. The van der Waals surface area contributed by atoms with Gasteiger partial charge in [0.2, 0.25) is 5.89 Å². The smallest absolute Gasteiger partial charge is 0.253 e. The summed E-state index contributed by atoms with van der Waals surface area (Å²) in [5.41, 5.74) is 2.18. The molecule has 26 heavy (non-hydrogen) atoms. The van der Waals surface area contributed by atoms with Crippen LogP contribution in [0.5, 0.6) is 5.75 Å². The number of para-hydroxylation sites is 1. The van der Waals surface area contributed by atoms with Crippen LogP contribution in [0.25, 0.3) is 11.1 Å². The van der Waals surface area contributed by atoms with Gasteiger partial charge in [0.25, 0.3) is 5.89 Å². The molecule has 1 fully saturated rings. The molecule has 0 bridgehead atoms. The third-order valence-corrected chi connectivity index (χ3v) is 4.87. The van der Waals surface area contributed by atoms with Gasteiger partial charge in [0.05, 0.1) is 0 Å². The van der Waals surface area contributed by atoms with E-state index in [1.807, 2.05) is 36.4 Å². The molecule has 1 saturated heterocycles. The van der Waals surface area contributed by atoms with Crippen LogP contribution < -0.4 is 4.74 Å². The van der Waals surface area contributed by atoms with Crippen LogP contribution in [0.1, 0.15) is 30.5 Å². The van der Waals surface area contributed by atoms with Crippen molar-refractivity contribution in [3.8, 4) is 16.9 Å². The molecule has 0 aliphatic carbocycles. The molecule has 0 atom stereocenters. The van der Waals surface area contributed by atoms with Gasteiger partial charge in [-0.15, -0.1) is 10.2 Å². The molecule has 1 aliphatic rings. The molecule has 1 aromatic heterocycles. The molecule has 0 N–H and O–H groups in total. The number of benzene rings is 2. The molecule has 0 unspecified atom stereocenters. The van der Waals surface area contributed by atoms with Crippen molar-refractivity contribution in [2.45, 2.75) is 25.4 Å². The first-order valence-electron chi connectivity index (χ1n) is 9.07. The summed E-state index contributed by atoms with van der Waals surface area (Å²) in [6, 6.07) is 18.2. The maximum absolute atomic E-state index is 5.99. The van der Waals surface area contributed by atoms with Crippen molar-refractivity contribution in [1.29, 1.82) is 0 Å². The Bertz CT molecular complexity index is 839. The quantitative estimate of drug-likeness (QED) is 0.693. The number of hydrogen-bond acceptors (Lipinski definition) is 5. The van der Waals surface area contributed by atoms with Crippen molar-refractivity contribution in [3.05, 3.63) is 66.4 Å². The third-order valence-electron chi connectivity index (χ3n) is 4.87. The Kier molecular flexibility index (Phi) is 4.97. The summed E-state index contributed by atoms with van der Waals surface area (Å²) in [5, 5.41) is 8.42. The first kappa shape index (κ1) is 16.8. The lowest BCUT2D eigenvalue weighted by atomic mass is 9.97. The summed E-state index contributed by atoms with van der Waals surface area (Å²) in [4.78, 5) is 2.33. The minimum atomic E-state index is 0.281. The van der Waals surface area contributed by atoms with Gasteiger partial charge in [-0.25, -0.2) is 0 Å². The monoisotopic (exact) mass is 349 g/mol. The molecule has 0 spiro atoms. The molecule has 2 aromatic carbocycles. The van der Waals surface area contributed by atoms with Gasteiger partial charge in [-0.3, -0.25) is 0 Å². The number of likely N-dealkylation sites (tertiary alicyclic amines) is 1. The summed E-state index contributed by atoms with van der Waals surface area (Å²) in [6.45, 7) is 2.43. The maximum atomic E-state index is 5.99. The Morgan fingerprint density at radius 1 is 1.00 bits per heavy atom. The number of nitrogens with zero attached hydrogens (tertiary/aromatic N) is 3. The van der Waals surface area contributed by atoms with Crippen LogP contribution in [0, 0.1) is 0 Å². The van der Waals surface area contributed by atoms with Crippen LogP contribution in [0.2, 0.25) is 0 Å². The van der Waals surface area contributed by atoms with E-state index in [1.54, 1.807) is 0 Å². The largest absolute Gasteiger partial charge is 0.483 e. The van der Waals surface area contributed by atoms with Crippen molar-refractivity contribution in [2.24, 2.45) is 0 Å². The number of aromatic nitrogens is 2. The number of piperidine rings is 1. The number of rotatable bonds is 5. The minimum absolute atomic E-state index is 0.281. The molecule has 4 rings (SSSR count). The highest BCUT2D eigenvalue weighted by Gasteiger charge is 2.23. The summed E-state index contributed by atoms with van der Waals surface area (Å²) in [6.07, 6.45) is 2.13. The van der Waals surface area contributed by atoms with Crippen LogP contribution in [0.15, 0.2) is 59.0 Å². The van der Waals surface area contributed by atoms with Crippen molar-refractivity contribution in [1.82, 2.24) is 15.1 Å². The van der Waals surface area contributed by atoms with Gasteiger partial charge in [-0.2, -0.15) is 0 Å². The van der Waals surface area contributed by atoms with Gasteiger partial charge in [0.15, 0.2) is 6.61 Å². The van der Waals surface area contributed by atoms with E-state index in [0.717, 1.165) is 48.7 Å². The molecule has 0 radical (unpaired) electrons. The van der Waals surface area contributed by atoms with E-state index in [-0.39, 0.29) is 6.61 Å². The summed E-state index contributed by atoms with van der Waals surface area (Å²) in [7, 11) is 2.15. The predicted octanol–water partition coefficient (Wildman–Crippen LogP) is 4.12. The first-order chi connectivity index (χ1) is 12.8. The molecule has 0 saturated carbocycles. The minimum Gasteiger partial charge on any atom is -0.483 e. The Hall–Kier alpha value is -2.66. The average molecular weight is 349 g/mol. The van der Waals surface area contributed by atoms with Crippen molar-refractivity contribution in [2.75, 3.05) is 20.1 Å². The molecule has 5 nitrogen and oxygen atoms in total. The first-order valence-corrected chi connectivity index (χ1v) is 9.07. The highest BCUT2D eigenvalue weighted by Crippen LogP contribution is 2.30. The zero-order chi connectivity index (χ0) is 17.8. The van der Waals surface area contributed by atoms with Gasteiger partial charge in [-0.05, 0) is 44.6 Å². The van der Waals surface area contributed by atoms with Gasteiger partial charge < -0.3 is 14.1 Å². The molecule has 0 amide bonds. The maximum Gasteiger partial charge on any atom is 0.253 e. The van der Waals surface area contributed by atoms with E-state index in [1.165, 1.54) is 0 Å². The lowest BCUT2D eigenvalue weighted by Gasteiger charge is -2.26. The molecule has 2 heterocycles. The second-order valence-corrected chi connectivity index (χ2v) is 6.76. The lowest BCUT2D eigenvalue weighted by molar-refractivity contribution is 0.224. The Balaban J connectivity index is 1.44. The fourth-order valence-corrected chi connectivity index (χ4v) is 3.33. The van der Waals surface area contributed by atoms with Gasteiger partial charge in [0.1, 0.15) is 5.75 Å². The van der Waals surface area contributed by atoms with Crippen LogP contribution in [0.4, 0.5) is 0 Å². The normalized spacial score (nSPS) is 15.9. The van der Waals surface area contributed by atoms with Crippen LogP contribution in [0.3, 0.4) is 0 Å². The van der Waals surface area contributed by atoms with E-state index in [4.69, 9.17) is 9.15 Å². The molecular formula is C21H23N3O2. The van der Waals surface area contributed by atoms with Crippen molar-refractivity contribution in [3.63, 3.8) is 0 Å². The summed E-state index contributed by atoms with van der Waals surface area (Å²) >= 11 is 0. The van der Waals surface area contributed by atoms with Gasteiger partial charge in [-0.1, -0.05) is 48.5 Å². The highest BCUT2D eigenvalue weighted by molar-refractivity contribution is 5.70. The predicted molar refractivity (Wildman–Crippen MR) is 100.0 cm³/mol. The number of hydrogen-bond donors (Lipinski definition) is 0. The van der Waals surface area contributed by atoms with Crippen LogP contribution in [-0.2, 0) is 6.61 Å². The topological polar surface area (TPSA) is 51.4 Å². The lowest BCUT2D eigenvalue weighted by Crippen LogP contribution is -2.29. The van der Waals surface area contributed by atoms with E-state index in [2.05, 4.69) is 40.3 Å². The van der Waals surface area contributed by atoms with Crippen LogP contribution >= 0.6 is 0 Å². The molecule has 1 aliphatic heterocycles.